The summed E-state index contributed by atoms with van der Waals surface area (Å²) >= 11 is 0. The predicted octanol–water partition coefficient (Wildman–Crippen LogP) is 2.48. The summed E-state index contributed by atoms with van der Waals surface area (Å²) in [6.07, 6.45) is 6.96. The highest BCUT2D eigenvalue weighted by Crippen LogP contribution is 2.26. The number of rotatable bonds is 7. The van der Waals surface area contributed by atoms with Crippen molar-refractivity contribution in [2.75, 3.05) is 6.54 Å². The van der Waals surface area contributed by atoms with Crippen LogP contribution in [0.2, 0.25) is 0 Å². The zero-order valence-corrected chi connectivity index (χ0v) is 13.2. The number of hydrogen-bond donors (Lipinski definition) is 3. The van der Waals surface area contributed by atoms with Crippen LogP contribution in [-0.2, 0) is 6.42 Å². The van der Waals surface area contributed by atoms with Gasteiger partial charge in [0.25, 0.3) is 0 Å². The minimum atomic E-state index is -0.490. The van der Waals surface area contributed by atoms with Crippen molar-refractivity contribution < 1.29 is 5.11 Å². The molecular formula is C18H30N2O. The zero-order chi connectivity index (χ0) is 15.1. The topological polar surface area (TPSA) is 58.3 Å². The van der Waals surface area contributed by atoms with E-state index in [-0.39, 0.29) is 6.04 Å². The Balaban J connectivity index is 1.71. The SMILES string of the molecule is C[C@@H](NC[C@@H](O)[C@@H](N)Cc1ccccc1)C1CCCCC1. The summed E-state index contributed by atoms with van der Waals surface area (Å²) in [6, 6.07) is 10.4. The molecule has 1 fully saturated rings. The summed E-state index contributed by atoms with van der Waals surface area (Å²) < 4.78 is 0. The summed E-state index contributed by atoms with van der Waals surface area (Å²) in [5.41, 5.74) is 7.31. The zero-order valence-electron chi connectivity index (χ0n) is 13.2. The number of aliphatic hydroxyl groups is 1. The Hall–Kier alpha value is -0.900. The van der Waals surface area contributed by atoms with Crippen LogP contribution in [0.5, 0.6) is 0 Å². The van der Waals surface area contributed by atoms with Crippen LogP contribution in [0.4, 0.5) is 0 Å². The van der Waals surface area contributed by atoms with E-state index in [0.29, 0.717) is 12.6 Å². The fourth-order valence-electron chi connectivity index (χ4n) is 3.28. The maximum atomic E-state index is 10.2. The van der Waals surface area contributed by atoms with Gasteiger partial charge in [0, 0.05) is 18.6 Å². The van der Waals surface area contributed by atoms with Gasteiger partial charge in [0.2, 0.25) is 0 Å². The lowest BCUT2D eigenvalue weighted by atomic mass is 9.84. The van der Waals surface area contributed by atoms with E-state index < -0.39 is 6.10 Å². The first-order valence-electron chi connectivity index (χ1n) is 8.38. The molecule has 3 atom stereocenters. The number of aliphatic hydroxyl groups excluding tert-OH is 1. The predicted molar refractivity (Wildman–Crippen MR) is 88.2 cm³/mol. The molecule has 2 rings (SSSR count). The lowest BCUT2D eigenvalue weighted by Gasteiger charge is -2.30. The van der Waals surface area contributed by atoms with Crippen molar-refractivity contribution in [3.8, 4) is 0 Å². The second-order valence-electron chi connectivity index (χ2n) is 6.52. The lowest BCUT2D eigenvalue weighted by Crippen LogP contribution is -2.46. The Kier molecular flexibility index (Phi) is 6.68. The molecule has 21 heavy (non-hydrogen) atoms. The highest BCUT2D eigenvalue weighted by Gasteiger charge is 2.21. The van der Waals surface area contributed by atoms with Gasteiger partial charge in [-0.2, -0.15) is 0 Å². The minimum absolute atomic E-state index is 0.210. The summed E-state index contributed by atoms with van der Waals surface area (Å²) in [4.78, 5) is 0. The molecule has 3 heteroatoms. The van der Waals surface area contributed by atoms with Crippen molar-refractivity contribution in [2.45, 2.75) is 63.6 Å². The molecular weight excluding hydrogens is 260 g/mol. The maximum Gasteiger partial charge on any atom is 0.0818 e. The number of hydrogen-bond acceptors (Lipinski definition) is 3. The minimum Gasteiger partial charge on any atom is -0.390 e. The Morgan fingerprint density at radius 3 is 2.52 bits per heavy atom. The van der Waals surface area contributed by atoms with E-state index in [2.05, 4.69) is 24.4 Å². The molecule has 1 aromatic rings. The Morgan fingerprint density at radius 1 is 1.19 bits per heavy atom. The van der Waals surface area contributed by atoms with Gasteiger partial charge in [0.15, 0.2) is 0 Å². The normalized spacial score (nSPS) is 20.9. The van der Waals surface area contributed by atoms with Crippen LogP contribution in [0.1, 0.15) is 44.6 Å². The summed E-state index contributed by atoms with van der Waals surface area (Å²) in [7, 11) is 0. The van der Waals surface area contributed by atoms with Crippen molar-refractivity contribution in [1.82, 2.24) is 5.32 Å². The third kappa shape index (κ3) is 5.42. The van der Waals surface area contributed by atoms with E-state index >= 15 is 0 Å². The molecule has 1 aliphatic carbocycles. The monoisotopic (exact) mass is 290 g/mol. The maximum absolute atomic E-state index is 10.2. The average Bonchev–Trinajstić information content (AvgIpc) is 2.54. The second-order valence-corrected chi connectivity index (χ2v) is 6.52. The van der Waals surface area contributed by atoms with Crippen LogP contribution >= 0.6 is 0 Å². The number of benzene rings is 1. The molecule has 0 saturated heterocycles. The molecule has 118 valence electrons. The Labute approximate surface area is 128 Å². The molecule has 1 aromatic carbocycles. The van der Waals surface area contributed by atoms with Crippen molar-refractivity contribution in [1.29, 1.82) is 0 Å². The first-order chi connectivity index (χ1) is 10.2. The Morgan fingerprint density at radius 2 is 1.86 bits per heavy atom. The first-order valence-corrected chi connectivity index (χ1v) is 8.38. The molecule has 0 aliphatic heterocycles. The molecule has 1 saturated carbocycles. The van der Waals surface area contributed by atoms with Crippen LogP contribution in [0, 0.1) is 5.92 Å². The van der Waals surface area contributed by atoms with Crippen LogP contribution in [-0.4, -0.2) is 29.8 Å². The van der Waals surface area contributed by atoms with E-state index in [1.807, 2.05) is 18.2 Å². The highest BCUT2D eigenvalue weighted by molar-refractivity contribution is 5.16. The van der Waals surface area contributed by atoms with Crippen LogP contribution in [0.25, 0.3) is 0 Å². The fourth-order valence-corrected chi connectivity index (χ4v) is 3.28. The van der Waals surface area contributed by atoms with Gasteiger partial charge in [-0.25, -0.2) is 0 Å². The molecule has 1 aliphatic rings. The van der Waals surface area contributed by atoms with Crippen LogP contribution in [0.15, 0.2) is 30.3 Å². The molecule has 3 nitrogen and oxygen atoms in total. The number of nitrogens with two attached hydrogens (primary N) is 1. The quantitative estimate of drug-likeness (QED) is 0.723. The molecule has 4 N–H and O–H groups in total. The fraction of sp³-hybridized carbons (Fsp3) is 0.667. The first kappa shape index (κ1) is 16.5. The highest BCUT2D eigenvalue weighted by atomic mass is 16.3. The molecule has 0 aromatic heterocycles. The lowest BCUT2D eigenvalue weighted by molar-refractivity contribution is 0.132. The van der Waals surface area contributed by atoms with Gasteiger partial charge in [-0.15, -0.1) is 0 Å². The van der Waals surface area contributed by atoms with Crippen LogP contribution in [0.3, 0.4) is 0 Å². The van der Waals surface area contributed by atoms with E-state index in [0.717, 1.165) is 12.3 Å². The van der Waals surface area contributed by atoms with E-state index in [4.69, 9.17) is 5.73 Å². The third-order valence-electron chi connectivity index (χ3n) is 4.81. The third-order valence-corrected chi connectivity index (χ3v) is 4.81. The van der Waals surface area contributed by atoms with Gasteiger partial charge < -0.3 is 16.2 Å². The van der Waals surface area contributed by atoms with Crippen LogP contribution < -0.4 is 11.1 Å². The van der Waals surface area contributed by atoms with Gasteiger partial charge >= 0.3 is 0 Å². The van der Waals surface area contributed by atoms with Gasteiger partial charge in [-0.3, -0.25) is 0 Å². The largest absolute Gasteiger partial charge is 0.390 e. The van der Waals surface area contributed by atoms with E-state index in [1.165, 1.54) is 37.7 Å². The van der Waals surface area contributed by atoms with Gasteiger partial charge in [0.05, 0.1) is 6.10 Å². The summed E-state index contributed by atoms with van der Waals surface area (Å²) in [5.74, 6) is 0.760. The summed E-state index contributed by atoms with van der Waals surface area (Å²) in [6.45, 7) is 2.83. The van der Waals surface area contributed by atoms with Gasteiger partial charge in [-0.1, -0.05) is 49.6 Å². The van der Waals surface area contributed by atoms with Gasteiger partial charge in [0.1, 0.15) is 0 Å². The molecule has 0 radical (unpaired) electrons. The van der Waals surface area contributed by atoms with Crippen molar-refractivity contribution in [3.63, 3.8) is 0 Å². The Bertz CT molecular complexity index is 389. The molecule has 0 unspecified atom stereocenters. The molecule has 0 spiro atoms. The smallest absolute Gasteiger partial charge is 0.0818 e. The molecule has 0 heterocycles. The van der Waals surface area contributed by atoms with Crippen molar-refractivity contribution in [3.05, 3.63) is 35.9 Å². The van der Waals surface area contributed by atoms with Crippen molar-refractivity contribution >= 4 is 0 Å². The summed E-state index contributed by atoms with van der Waals surface area (Å²) in [5, 5.41) is 13.7. The van der Waals surface area contributed by atoms with E-state index in [9.17, 15) is 5.11 Å². The van der Waals surface area contributed by atoms with E-state index in [1.54, 1.807) is 0 Å². The van der Waals surface area contributed by atoms with Gasteiger partial charge in [-0.05, 0) is 37.7 Å². The standard InChI is InChI=1S/C18H30N2O/c1-14(16-10-6-3-7-11-16)20-13-18(21)17(19)12-15-8-4-2-5-9-15/h2,4-5,8-9,14,16-18,20-21H,3,6-7,10-13,19H2,1H3/t14-,17+,18-/m1/s1. The second kappa shape index (κ2) is 8.52. The molecule has 0 amide bonds. The molecule has 0 bridgehead atoms. The number of nitrogens with one attached hydrogen (secondary N) is 1. The average molecular weight is 290 g/mol. The van der Waals surface area contributed by atoms with Crippen molar-refractivity contribution in [2.24, 2.45) is 11.7 Å².